The molecule has 0 spiro atoms. The first-order valence-electron chi connectivity index (χ1n) is 6.65. The van der Waals surface area contributed by atoms with Crippen LogP contribution in [0.2, 0.25) is 0 Å². The molecule has 1 heterocycles. The van der Waals surface area contributed by atoms with E-state index in [2.05, 4.69) is 26.0 Å². The van der Waals surface area contributed by atoms with Gasteiger partial charge >= 0.3 is 0 Å². The maximum atomic E-state index is 13.1. The number of rotatable bonds is 5. The second kappa shape index (κ2) is 6.87. The summed E-state index contributed by atoms with van der Waals surface area (Å²) < 4.78 is 40.1. The monoisotopic (exact) mass is 364 g/mol. The molecule has 0 aromatic heterocycles. The molecule has 4 nitrogen and oxygen atoms in total. The summed E-state index contributed by atoms with van der Waals surface area (Å²) in [5, 5.41) is 3.31. The van der Waals surface area contributed by atoms with Gasteiger partial charge in [-0.1, -0.05) is 6.42 Å². The number of halogens is 2. The van der Waals surface area contributed by atoms with Crippen molar-refractivity contribution >= 4 is 31.6 Å². The highest BCUT2D eigenvalue weighted by Crippen LogP contribution is 2.24. The fourth-order valence-electron chi connectivity index (χ4n) is 2.26. The van der Waals surface area contributed by atoms with Crippen molar-refractivity contribution in [2.75, 3.05) is 17.0 Å². The third-order valence-electron chi connectivity index (χ3n) is 3.34. The molecule has 112 valence electrons. The van der Waals surface area contributed by atoms with E-state index in [1.165, 1.54) is 18.2 Å². The van der Waals surface area contributed by atoms with E-state index in [1.807, 2.05) is 0 Å². The van der Waals surface area contributed by atoms with E-state index in [0.717, 1.165) is 25.8 Å². The van der Waals surface area contributed by atoms with Crippen LogP contribution >= 0.6 is 15.9 Å². The lowest BCUT2D eigenvalue weighted by atomic mass is 10.0. The van der Waals surface area contributed by atoms with E-state index in [9.17, 15) is 12.8 Å². The molecular weight excluding hydrogens is 347 g/mol. The molecule has 1 atom stereocenters. The maximum absolute atomic E-state index is 13.1. The number of anilines is 1. The summed E-state index contributed by atoms with van der Waals surface area (Å²) in [4.78, 5) is 0. The third kappa shape index (κ3) is 4.71. The maximum Gasteiger partial charge on any atom is 0.232 e. The second-order valence-electron chi connectivity index (χ2n) is 4.98. The topological polar surface area (TPSA) is 58.2 Å². The molecular formula is C13H18BrFN2O2S. The van der Waals surface area contributed by atoms with Gasteiger partial charge in [0.05, 0.1) is 11.4 Å². The fraction of sp³-hybridized carbons (Fsp3) is 0.538. The summed E-state index contributed by atoms with van der Waals surface area (Å²) in [5.74, 6) is -0.437. The molecule has 0 aliphatic carbocycles. The number of nitrogens with one attached hydrogen (secondary N) is 2. The molecule has 0 bridgehead atoms. The summed E-state index contributed by atoms with van der Waals surface area (Å²) in [6.07, 6.45) is 3.87. The summed E-state index contributed by atoms with van der Waals surface area (Å²) in [6.45, 7) is 0.952. The molecule has 1 saturated heterocycles. The predicted octanol–water partition coefficient (Wildman–Crippen LogP) is 2.86. The van der Waals surface area contributed by atoms with Crippen molar-refractivity contribution in [3.05, 3.63) is 28.5 Å². The highest BCUT2D eigenvalue weighted by molar-refractivity contribution is 9.10. The summed E-state index contributed by atoms with van der Waals surface area (Å²) in [6, 6.07) is 4.18. The van der Waals surface area contributed by atoms with Crippen molar-refractivity contribution in [1.82, 2.24) is 5.32 Å². The van der Waals surface area contributed by atoms with Crippen LogP contribution in [0.25, 0.3) is 0 Å². The Labute approximate surface area is 127 Å². The Bertz CT molecular complexity index is 559. The Kier molecular flexibility index (Phi) is 5.40. The lowest BCUT2D eigenvalue weighted by Gasteiger charge is -2.23. The number of piperidine rings is 1. The molecule has 0 amide bonds. The van der Waals surface area contributed by atoms with Crippen LogP contribution in [0.15, 0.2) is 22.7 Å². The lowest BCUT2D eigenvalue weighted by molar-refractivity contribution is 0.393. The highest BCUT2D eigenvalue weighted by atomic mass is 79.9. The van der Waals surface area contributed by atoms with Crippen molar-refractivity contribution in [3.63, 3.8) is 0 Å². The van der Waals surface area contributed by atoms with Gasteiger partial charge in [0.2, 0.25) is 10.0 Å². The molecule has 1 unspecified atom stereocenters. The molecule has 0 saturated carbocycles. The van der Waals surface area contributed by atoms with Crippen molar-refractivity contribution in [1.29, 1.82) is 0 Å². The van der Waals surface area contributed by atoms with E-state index >= 15 is 0 Å². The largest absolute Gasteiger partial charge is 0.314 e. The van der Waals surface area contributed by atoms with Gasteiger partial charge in [-0.3, -0.25) is 4.72 Å². The Morgan fingerprint density at radius 3 is 2.90 bits per heavy atom. The van der Waals surface area contributed by atoms with Gasteiger partial charge in [-0.05, 0) is 59.9 Å². The van der Waals surface area contributed by atoms with Crippen LogP contribution in [0.1, 0.15) is 25.7 Å². The Morgan fingerprint density at radius 2 is 2.20 bits per heavy atom. The van der Waals surface area contributed by atoms with Crippen LogP contribution in [0.4, 0.5) is 10.1 Å². The highest BCUT2D eigenvalue weighted by Gasteiger charge is 2.18. The molecule has 2 N–H and O–H groups in total. The number of hydrogen-bond acceptors (Lipinski definition) is 3. The predicted molar refractivity (Wildman–Crippen MR) is 81.8 cm³/mol. The lowest BCUT2D eigenvalue weighted by Crippen LogP contribution is -2.36. The summed E-state index contributed by atoms with van der Waals surface area (Å²) >= 11 is 3.20. The van der Waals surface area contributed by atoms with Gasteiger partial charge in [-0.2, -0.15) is 0 Å². The van der Waals surface area contributed by atoms with Crippen molar-refractivity contribution in [3.8, 4) is 0 Å². The minimum absolute atomic E-state index is 0.0353. The molecule has 2 rings (SSSR count). The smallest absolute Gasteiger partial charge is 0.232 e. The minimum Gasteiger partial charge on any atom is -0.314 e. The van der Waals surface area contributed by atoms with Crippen LogP contribution in [0.5, 0.6) is 0 Å². The zero-order valence-electron chi connectivity index (χ0n) is 11.0. The first-order valence-corrected chi connectivity index (χ1v) is 9.10. The molecule has 1 aliphatic rings. The summed E-state index contributed by atoms with van der Waals surface area (Å²) in [7, 11) is -3.46. The zero-order valence-corrected chi connectivity index (χ0v) is 13.4. The second-order valence-corrected chi connectivity index (χ2v) is 7.68. The van der Waals surface area contributed by atoms with E-state index in [1.54, 1.807) is 0 Å². The minimum atomic E-state index is -3.46. The number of benzene rings is 1. The number of sulfonamides is 1. The molecule has 1 aromatic rings. The van der Waals surface area contributed by atoms with E-state index in [0.29, 0.717) is 10.9 Å². The average molecular weight is 365 g/mol. The van der Waals surface area contributed by atoms with E-state index in [-0.39, 0.29) is 17.5 Å². The Hall–Kier alpha value is -0.660. The fourth-order valence-corrected chi connectivity index (χ4v) is 3.94. The average Bonchev–Trinajstić information content (AvgIpc) is 2.42. The van der Waals surface area contributed by atoms with E-state index in [4.69, 9.17) is 0 Å². The van der Waals surface area contributed by atoms with E-state index < -0.39 is 15.8 Å². The Balaban J connectivity index is 1.94. The quantitative estimate of drug-likeness (QED) is 0.844. The van der Waals surface area contributed by atoms with Crippen LogP contribution in [0, 0.1) is 5.82 Å². The van der Waals surface area contributed by atoms with Crippen LogP contribution in [0.3, 0.4) is 0 Å². The van der Waals surface area contributed by atoms with Crippen LogP contribution in [-0.2, 0) is 10.0 Å². The third-order valence-corrected chi connectivity index (χ3v) is 5.34. The summed E-state index contributed by atoms with van der Waals surface area (Å²) in [5.41, 5.74) is 0.238. The molecule has 1 aromatic carbocycles. The normalized spacial score (nSPS) is 19.8. The van der Waals surface area contributed by atoms with Gasteiger partial charge in [-0.25, -0.2) is 12.8 Å². The van der Waals surface area contributed by atoms with Gasteiger partial charge in [0.1, 0.15) is 5.82 Å². The molecule has 20 heavy (non-hydrogen) atoms. The molecule has 7 heteroatoms. The van der Waals surface area contributed by atoms with Gasteiger partial charge in [0, 0.05) is 10.5 Å². The van der Waals surface area contributed by atoms with Crippen LogP contribution < -0.4 is 10.0 Å². The molecule has 1 aliphatic heterocycles. The first-order chi connectivity index (χ1) is 9.46. The standard InChI is InChI=1S/C13H18BrFN2O2S/c14-12-5-4-10(15)9-13(12)17-20(18,19)8-6-11-3-1-2-7-16-11/h4-5,9,11,16-17H,1-3,6-8H2. The molecule has 1 fully saturated rings. The zero-order chi connectivity index (χ0) is 14.6. The van der Waals surface area contributed by atoms with Gasteiger partial charge in [0.15, 0.2) is 0 Å². The van der Waals surface area contributed by atoms with Crippen LogP contribution in [-0.4, -0.2) is 26.8 Å². The van der Waals surface area contributed by atoms with Crippen molar-refractivity contribution in [2.45, 2.75) is 31.7 Å². The van der Waals surface area contributed by atoms with Crippen molar-refractivity contribution in [2.24, 2.45) is 0 Å². The Morgan fingerprint density at radius 1 is 1.40 bits per heavy atom. The number of hydrogen-bond donors (Lipinski definition) is 2. The molecule has 0 radical (unpaired) electrons. The van der Waals surface area contributed by atoms with Gasteiger partial charge < -0.3 is 5.32 Å². The van der Waals surface area contributed by atoms with Crippen molar-refractivity contribution < 1.29 is 12.8 Å². The van der Waals surface area contributed by atoms with Gasteiger partial charge in [-0.15, -0.1) is 0 Å². The van der Waals surface area contributed by atoms with Gasteiger partial charge in [0.25, 0.3) is 0 Å². The SMILES string of the molecule is O=S(=O)(CCC1CCCCN1)Nc1cc(F)ccc1Br. The first kappa shape index (κ1) is 15.7.